The average molecular weight is 361 g/mol. The van der Waals surface area contributed by atoms with Crippen LogP contribution in [-0.4, -0.2) is 0 Å². The summed E-state index contributed by atoms with van der Waals surface area (Å²) in [7, 11) is 0. The van der Waals surface area contributed by atoms with E-state index < -0.39 is 0 Å². The van der Waals surface area contributed by atoms with Gasteiger partial charge in [-0.2, -0.15) is 0 Å². The second-order valence-electron chi connectivity index (χ2n) is 7.17. The van der Waals surface area contributed by atoms with Crippen LogP contribution in [0.5, 0.6) is 0 Å². The van der Waals surface area contributed by atoms with Crippen molar-refractivity contribution in [3.8, 4) is 0 Å². The molecule has 0 aliphatic heterocycles. The molecule has 26 heavy (non-hydrogen) atoms. The molecule has 0 nitrogen and oxygen atoms in total. The van der Waals surface area contributed by atoms with Gasteiger partial charge in [0.05, 0.1) is 0 Å². The lowest BCUT2D eigenvalue weighted by Gasteiger charge is -1.98. The molecular weight excluding hydrogens is 312 g/mol. The molecule has 0 aliphatic rings. The minimum absolute atomic E-state index is 1.13. The highest BCUT2D eigenvalue weighted by molar-refractivity contribution is 4.92. The van der Waals surface area contributed by atoms with Gasteiger partial charge >= 0.3 is 0 Å². The van der Waals surface area contributed by atoms with Crippen molar-refractivity contribution < 1.29 is 0 Å². The van der Waals surface area contributed by atoms with E-state index in [0.29, 0.717) is 0 Å². The quantitative estimate of drug-likeness (QED) is 0.179. The van der Waals surface area contributed by atoms with Crippen molar-refractivity contribution in [3.05, 3.63) is 49.1 Å². The summed E-state index contributed by atoms with van der Waals surface area (Å²) in [5.41, 5.74) is 1.38. The highest BCUT2D eigenvalue weighted by Gasteiger charge is 1.89. The van der Waals surface area contributed by atoms with E-state index in [1.165, 1.54) is 95.5 Å². The van der Waals surface area contributed by atoms with Crippen molar-refractivity contribution >= 4 is 0 Å². The van der Waals surface area contributed by atoms with E-state index in [4.69, 9.17) is 0 Å². The van der Waals surface area contributed by atoms with Crippen molar-refractivity contribution in [1.82, 2.24) is 0 Å². The number of rotatable bonds is 17. The van der Waals surface area contributed by atoms with E-state index in [0.717, 1.165) is 6.42 Å². The lowest BCUT2D eigenvalue weighted by molar-refractivity contribution is 0.611. The molecule has 0 aromatic carbocycles. The van der Waals surface area contributed by atoms with Crippen molar-refractivity contribution in [2.75, 3.05) is 0 Å². The van der Waals surface area contributed by atoms with E-state index in [1.807, 2.05) is 6.08 Å². The molecule has 0 N–H and O–H groups in total. The Morgan fingerprint density at radius 1 is 0.692 bits per heavy atom. The molecular formula is C26H48. The fourth-order valence-electron chi connectivity index (χ4n) is 2.64. The maximum absolute atomic E-state index is 3.95. The first-order valence-electron chi connectivity index (χ1n) is 11.3. The molecule has 0 heteroatoms. The Morgan fingerprint density at radius 3 is 1.81 bits per heavy atom. The highest BCUT2D eigenvalue weighted by atomic mass is 14.0. The normalized spacial score (nSPS) is 10.9. The fourth-order valence-corrected chi connectivity index (χ4v) is 2.64. The minimum atomic E-state index is 1.13. The fraction of sp³-hybridized carbons (Fsp3) is 0.692. The van der Waals surface area contributed by atoms with E-state index in [9.17, 15) is 0 Å². The zero-order valence-electron chi connectivity index (χ0n) is 18.4. The molecule has 0 aliphatic carbocycles. The molecule has 0 spiro atoms. The molecule has 0 atom stereocenters. The largest absolute Gasteiger partial charge is 0.103 e. The van der Waals surface area contributed by atoms with Crippen LogP contribution in [0.15, 0.2) is 49.1 Å². The predicted molar refractivity (Wildman–Crippen MR) is 124 cm³/mol. The monoisotopic (exact) mass is 360 g/mol. The molecule has 0 amide bonds. The zero-order valence-corrected chi connectivity index (χ0v) is 18.4. The molecule has 0 radical (unpaired) electrons. The highest BCUT2D eigenvalue weighted by Crippen LogP contribution is 2.09. The summed E-state index contributed by atoms with van der Waals surface area (Å²) >= 11 is 0. The molecule has 0 rings (SSSR count). The van der Waals surface area contributed by atoms with Crippen LogP contribution in [-0.2, 0) is 0 Å². The van der Waals surface area contributed by atoms with E-state index in [1.54, 1.807) is 0 Å². The summed E-state index contributed by atoms with van der Waals surface area (Å²) < 4.78 is 0. The number of allylic oxidation sites excluding steroid dienone is 6. The number of unbranched alkanes of at least 4 members (excludes halogenated alkanes) is 10. The van der Waals surface area contributed by atoms with Crippen LogP contribution >= 0.6 is 0 Å². The number of hydrogen-bond acceptors (Lipinski definition) is 0. The number of hydrogen-bond donors (Lipinski definition) is 0. The maximum Gasteiger partial charge on any atom is -0.0320 e. The van der Waals surface area contributed by atoms with Gasteiger partial charge in [-0.1, -0.05) is 88.5 Å². The average Bonchev–Trinajstić information content (AvgIpc) is 2.66. The van der Waals surface area contributed by atoms with Crippen LogP contribution in [0.1, 0.15) is 117 Å². The van der Waals surface area contributed by atoms with Gasteiger partial charge in [0.2, 0.25) is 0 Å². The molecule has 0 aromatic rings. The summed E-state index contributed by atoms with van der Waals surface area (Å²) in [6.07, 6.45) is 30.6. The van der Waals surface area contributed by atoms with Crippen molar-refractivity contribution in [3.63, 3.8) is 0 Å². The maximum atomic E-state index is 3.95. The van der Waals surface area contributed by atoms with Crippen molar-refractivity contribution in [2.24, 2.45) is 0 Å². The predicted octanol–water partition coefficient (Wildman–Crippen LogP) is 9.74. The third kappa shape index (κ3) is 27.8. The Balaban J connectivity index is 0. The van der Waals surface area contributed by atoms with Crippen LogP contribution in [0.4, 0.5) is 0 Å². The molecule has 0 bridgehead atoms. The van der Waals surface area contributed by atoms with Gasteiger partial charge in [-0.05, 0) is 71.1 Å². The summed E-state index contributed by atoms with van der Waals surface area (Å²) in [5, 5.41) is 0. The summed E-state index contributed by atoms with van der Waals surface area (Å²) in [6.45, 7) is 14.2. The van der Waals surface area contributed by atoms with E-state index in [-0.39, 0.29) is 0 Å². The first kappa shape index (κ1) is 27.2. The first-order valence-corrected chi connectivity index (χ1v) is 11.3. The van der Waals surface area contributed by atoms with Gasteiger partial charge in [0, 0.05) is 0 Å². The van der Waals surface area contributed by atoms with Crippen LogP contribution in [0, 0.1) is 0 Å². The van der Waals surface area contributed by atoms with Gasteiger partial charge in [0.15, 0.2) is 0 Å². The second kappa shape index (κ2) is 26.2. The van der Waals surface area contributed by atoms with Crippen LogP contribution in [0.2, 0.25) is 0 Å². The molecule has 0 aromatic heterocycles. The molecule has 0 heterocycles. The van der Waals surface area contributed by atoms with Crippen molar-refractivity contribution in [1.29, 1.82) is 0 Å². The van der Waals surface area contributed by atoms with Gasteiger partial charge in [0.1, 0.15) is 0 Å². The van der Waals surface area contributed by atoms with Crippen molar-refractivity contribution in [2.45, 2.75) is 117 Å². The third-order valence-corrected chi connectivity index (χ3v) is 4.56. The topological polar surface area (TPSA) is 0 Å². The molecule has 0 unspecified atom stereocenters. The van der Waals surface area contributed by atoms with E-state index >= 15 is 0 Å². The lowest BCUT2D eigenvalue weighted by Crippen LogP contribution is -1.77. The van der Waals surface area contributed by atoms with Crippen LogP contribution in [0.3, 0.4) is 0 Å². The lowest BCUT2D eigenvalue weighted by atomic mass is 10.1. The zero-order chi connectivity index (χ0) is 19.7. The SMILES string of the molecule is C=C(CC)CCCC=CC.C=CCCCCC=CCCCCCCCC. The minimum Gasteiger partial charge on any atom is -0.103 e. The van der Waals surface area contributed by atoms with Gasteiger partial charge in [-0.25, -0.2) is 0 Å². The van der Waals surface area contributed by atoms with Gasteiger partial charge in [0.25, 0.3) is 0 Å². The summed E-state index contributed by atoms with van der Waals surface area (Å²) in [6, 6.07) is 0. The van der Waals surface area contributed by atoms with Gasteiger partial charge in [-0.3, -0.25) is 0 Å². The second-order valence-corrected chi connectivity index (χ2v) is 7.17. The Bertz CT molecular complexity index is 332. The standard InChI is InChI=1S/C16H30.C10H18/c1-3-5-7-9-11-13-15-16-14-12-10-8-6-4-2;1-4-6-7-8-9-10(3)5-2/h3,13,15H,1,4-12,14,16H2,2H3;4,6H,3,5,7-9H2,1-2H3. The summed E-state index contributed by atoms with van der Waals surface area (Å²) in [5.74, 6) is 0. The Hall–Kier alpha value is -1.04. The summed E-state index contributed by atoms with van der Waals surface area (Å²) in [4.78, 5) is 0. The Kier molecular flexibility index (Phi) is 27.4. The molecule has 152 valence electrons. The smallest absolute Gasteiger partial charge is 0.0320 e. The van der Waals surface area contributed by atoms with Gasteiger partial charge < -0.3 is 0 Å². The third-order valence-electron chi connectivity index (χ3n) is 4.56. The Morgan fingerprint density at radius 2 is 1.23 bits per heavy atom. The van der Waals surface area contributed by atoms with Crippen LogP contribution in [0.25, 0.3) is 0 Å². The first-order chi connectivity index (χ1) is 12.7. The Labute approximate surface area is 166 Å². The van der Waals surface area contributed by atoms with Crippen LogP contribution < -0.4 is 0 Å². The molecule has 0 saturated carbocycles. The molecule has 0 saturated heterocycles. The van der Waals surface area contributed by atoms with E-state index in [2.05, 4.69) is 58.2 Å². The van der Waals surface area contributed by atoms with Gasteiger partial charge in [-0.15, -0.1) is 6.58 Å². The molecule has 0 fully saturated rings.